The van der Waals surface area contributed by atoms with Crippen molar-refractivity contribution >= 4 is 12.3 Å². The Morgan fingerprint density at radius 1 is 1.38 bits per heavy atom. The fraction of sp³-hybridized carbons (Fsp3) is 0.385. The van der Waals surface area contributed by atoms with Crippen molar-refractivity contribution in [3.05, 3.63) is 35.4 Å². The minimum atomic E-state index is -0.895. The molecule has 0 saturated heterocycles. The van der Waals surface area contributed by atoms with Crippen LogP contribution in [0.25, 0.3) is 0 Å². The molecule has 0 spiro atoms. The average molecular weight is 218 g/mol. The first-order valence-corrected chi connectivity index (χ1v) is 5.44. The monoisotopic (exact) mass is 218 g/mol. The van der Waals surface area contributed by atoms with Gasteiger partial charge in [0, 0.05) is 5.92 Å². The number of aldehydes is 1. The van der Waals surface area contributed by atoms with Crippen molar-refractivity contribution in [1.82, 2.24) is 0 Å². The van der Waals surface area contributed by atoms with Crippen molar-refractivity contribution in [2.45, 2.75) is 19.3 Å². The first kappa shape index (κ1) is 10.9. The highest BCUT2D eigenvalue weighted by Crippen LogP contribution is 2.32. The van der Waals surface area contributed by atoms with Crippen molar-refractivity contribution in [2.75, 3.05) is 0 Å². The van der Waals surface area contributed by atoms with Crippen molar-refractivity contribution < 1.29 is 14.7 Å². The van der Waals surface area contributed by atoms with Crippen LogP contribution in [0.3, 0.4) is 0 Å². The Morgan fingerprint density at radius 3 is 2.38 bits per heavy atom. The Hall–Kier alpha value is -1.64. The zero-order valence-corrected chi connectivity index (χ0v) is 8.93. The predicted molar refractivity (Wildman–Crippen MR) is 59.1 cm³/mol. The van der Waals surface area contributed by atoms with Crippen LogP contribution in [0.15, 0.2) is 24.3 Å². The van der Waals surface area contributed by atoms with Crippen LogP contribution >= 0.6 is 0 Å². The van der Waals surface area contributed by atoms with E-state index in [1.54, 1.807) is 0 Å². The van der Waals surface area contributed by atoms with E-state index in [4.69, 9.17) is 5.11 Å². The summed E-state index contributed by atoms with van der Waals surface area (Å²) in [5.41, 5.74) is 2.51. The molecule has 0 bridgehead atoms. The van der Waals surface area contributed by atoms with Crippen LogP contribution in [0.2, 0.25) is 0 Å². The second-order valence-corrected chi connectivity index (χ2v) is 4.33. The van der Waals surface area contributed by atoms with E-state index in [2.05, 4.69) is 12.1 Å². The summed E-state index contributed by atoms with van der Waals surface area (Å²) in [6.45, 7) is 0. The quantitative estimate of drug-likeness (QED) is 0.782. The molecule has 0 saturated carbocycles. The number of aliphatic carboxylic acids is 1. The fourth-order valence-corrected chi connectivity index (χ4v) is 2.42. The van der Waals surface area contributed by atoms with E-state index in [9.17, 15) is 9.59 Å². The van der Waals surface area contributed by atoms with E-state index in [0.717, 1.165) is 19.1 Å². The van der Waals surface area contributed by atoms with Crippen LogP contribution in [0, 0.1) is 11.8 Å². The average Bonchev–Trinajstić information content (AvgIpc) is 2.68. The SMILES string of the molecule is O=CC(CC(=O)O)C1Cc2ccccc2C1. The number of hydrogen-bond acceptors (Lipinski definition) is 2. The van der Waals surface area contributed by atoms with Crippen molar-refractivity contribution in [2.24, 2.45) is 11.8 Å². The number of rotatable bonds is 4. The van der Waals surface area contributed by atoms with E-state index in [1.165, 1.54) is 11.1 Å². The maximum Gasteiger partial charge on any atom is 0.304 e. The van der Waals surface area contributed by atoms with Crippen molar-refractivity contribution in [3.63, 3.8) is 0 Å². The summed E-state index contributed by atoms with van der Waals surface area (Å²) >= 11 is 0. The second-order valence-electron chi connectivity index (χ2n) is 4.33. The molecule has 0 aromatic heterocycles. The molecule has 0 amide bonds. The van der Waals surface area contributed by atoms with Crippen LogP contribution in [0.1, 0.15) is 17.5 Å². The number of carboxylic acid groups (broad SMARTS) is 1. The summed E-state index contributed by atoms with van der Waals surface area (Å²) in [4.78, 5) is 21.6. The molecule has 84 valence electrons. The van der Waals surface area contributed by atoms with E-state index in [1.807, 2.05) is 12.1 Å². The summed E-state index contributed by atoms with van der Waals surface area (Å²) in [6, 6.07) is 8.07. The molecule has 1 aromatic rings. The molecule has 1 aliphatic rings. The maximum atomic E-state index is 10.9. The van der Waals surface area contributed by atoms with Crippen molar-refractivity contribution in [1.29, 1.82) is 0 Å². The number of carbonyl (C=O) groups excluding carboxylic acids is 1. The van der Waals surface area contributed by atoms with Crippen LogP contribution in [-0.2, 0) is 22.4 Å². The van der Waals surface area contributed by atoms with Gasteiger partial charge in [0.2, 0.25) is 0 Å². The Balaban J connectivity index is 2.09. The minimum absolute atomic E-state index is 0.0534. The van der Waals surface area contributed by atoms with Gasteiger partial charge < -0.3 is 9.90 Å². The Labute approximate surface area is 94.1 Å². The lowest BCUT2D eigenvalue weighted by Gasteiger charge is -2.14. The first-order chi connectivity index (χ1) is 7.70. The molecular formula is C13H14O3. The van der Waals surface area contributed by atoms with E-state index in [-0.39, 0.29) is 18.3 Å². The molecule has 1 aliphatic carbocycles. The Kier molecular flexibility index (Phi) is 3.04. The smallest absolute Gasteiger partial charge is 0.304 e. The van der Waals surface area contributed by atoms with Gasteiger partial charge in [0.15, 0.2) is 0 Å². The zero-order valence-electron chi connectivity index (χ0n) is 8.93. The lowest BCUT2D eigenvalue weighted by atomic mass is 9.88. The molecule has 0 radical (unpaired) electrons. The van der Waals surface area contributed by atoms with Gasteiger partial charge in [-0.25, -0.2) is 0 Å². The molecular weight excluding hydrogens is 204 g/mol. The lowest BCUT2D eigenvalue weighted by Crippen LogP contribution is -2.20. The Bertz CT molecular complexity index is 386. The summed E-state index contributed by atoms with van der Waals surface area (Å²) in [5, 5.41) is 8.73. The molecule has 1 atom stereocenters. The van der Waals surface area contributed by atoms with Gasteiger partial charge >= 0.3 is 5.97 Å². The van der Waals surface area contributed by atoms with E-state index < -0.39 is 5.97 Å². The molecule has 0 aliphatic heterocycles. The molecule has 3 nitrogen and oxygen atoms in total. The van der Waals surface area contributed by atoms with Crippen molar-refractivity contribution in [3.8, 4) is 0 Å². The van der Waals surface area contributed by atoms with Gasteiger partial charge in [-0.1, -0.05) is 24.3 Å². The molecule has 0 heterocycles. The first-order valence-electron chi connectivity index (χ1n) is 5.44. The van der Waals surface area contributed by atoms with E-state index in [0.29, 0.717) is 0 Å². The van der Waals surface area contributed by atoms with Gasteiger partial charge in [-0.2, -0.15) is 0 Å². The maximum absolute atomic E-state index is 10.9. The van der Waals surface area contributed by atoms with Crippen LogP contribution in [0.5, 0.6) is 0 Å². The summed E-state index contributed by atoms with van der Waals surface area (Å²) in [5.74, 6) is -1.09. The number of fused-ring (bicyclic) bond motifs is 1. The largest absolute Gasteiger partial charge is 0.481 e. The number of carbonyl (C=O) groups is 2. The van der Waals surface area contributed by atoms with Gasteiger partial charge in [-0.05, 0) is 29.9 Å². The third kappa shape index (κ3) is 2.13. The minimum Gasteiger partial charge on any atom is -0.481 e. The molecule has 1 unspecified atom stereocenters. The number of hydrogen-bond donors (Lipinski definition) is 1. The van der Waals surface area contributed by atoms with Crippen LogP contribution in [0.4, 0.5) is 0 Å². The fourth-order valence-electron chi connectivity index (χ4n) is 2.42. The highest BCUT2D eigenvalue weighted by atomic mass is 16.4. The number of carboxylic acids is 1. The highest BCUT2D eigenvalue weighted by molar-refractivity contribution is 5.72. The zero-order chi connectivity index (χ0) is 11.5. The van der Waals surface area contributed by atoms with Gasteiger partial charge in [0.05, 0.1) is 6.42 Å². The lowest BCUT2D eigenvalue weighted by molar-refractivity contribution is -0.139. The second kappa shape index (κ2) is 4.47. The molecule has 3 heteroatoms. The van der Waals surface area contributed by atoms with Gasteiger partial charge in [0.25, 0.3) is 0 Å². The van der Waals surface area contributed by atoms with Crippen LogP contribution in [-0.4, -0.2) is 17.4 Å². The summed E-state index contributed by atoms with van der Waals surface area (Å²) in [6.07, 6.45) is 2.40. The topological polar surface area (TPSA) is 54.4 Å². The molecule has 2 rings (SSSR count). The third-order valence-corrected chi connectivity index (χ3v) is 3.27. The molecule has 0 fully saturated rings. The number of benzene rings is 1. The molecule has 1 aromatic carbocycles. The normalized spacial score (nSPS) is 16.8. The molecule has 16 heavy (non-hydrogen) atoms. The summed E-state index contributed by atoms with van der Waals surface area (Å²) in [7, 11) is 0. The predicted octanol–water partition coefficient (Wildman–Crippen LogP) is 1.69. The Morgan fingerprint density at radius 2 is 1.94 bits per heavy atom. The molecule has 1 N–H and O–H groups in total. The summed E-state index contributed by atoms with van der Waals surface area (Å²) < 4.78 is 0. The van der Waals surface area contributed by atoms with Gasteiger partial charge in [-0.3, -0.25) is 4.79 Å². The van der Waals surface area contributed by atoms with Gasteiger partial charge in [-0.15, -0.1) is 0 Å². The standard InChI is InChI=1S/C13H14O3/c14-8-12(7-13(15)16)11-5-9-3-1-2-4-10(9)6-11/h1-4,8,11-12H,5-7H2,(H,15,16). The highest BCUT2D eigenvalue weighted by Gasteiger charge is 2.29. The van der Waals surface area contributed by atoms with E-state index >= 15 is 0 Å². The third-order valence-electron chi connectivity index (χ3n) is 3.27. The van der Waals surface area contributed by atoms with Crippen LogP contribution < -0.4 is 0 Å². The van der Waals surface area contributed by atoms with Gasteiger partial charge in [0.1, 0.15) is 6.29 Å².